The molecular formula is C22H26F4N2O4. The number of alkyl halides is 3. The minimum absolute atomic E-state index is 0.166. The first kappa shape index (κ1) is 25.4. The number of piperazine rings is 1. The zero-order valence-corrected chi connectivity index (χ0v) is 17.9. The maximum atomic E-state index is 13.3. The molecule has 1 heterocycles. The van der Waals surface area contributed by atoms with Gasteiger partial charge < -0.3 is 14.6 Å². The number of hydrogen-bond donors (Lipinski definition) is 1. The second kappa shape index (κ2) is 11.7. The van der Waals surface area contributed by atoms with Crippen LogP contribution in [-0.2, 0) is 17.9 Å². The van der Waals surface area contributed by atoms with Gasteiger partial charge in [0.05, 0.1) is 14.2 Å². The van der Waals surface area contributed by atoms with Crippen LogP contribution in [0.2, 0.25) is 0 Å². The van der Waals surface area contributed by atoms with E-state index in [9.17, 15) is 17.6 Å². The van der Waals surface area contributed by atoms with Crippen LogP contribution in [0.15, 0.2) is 42.5 Å². The van der Waals surface area contributed by atoms with Crippen molar-refractivity contribution in [2.45, 2.75) is 19.3 Å². The number of carboxylic acids is 1. The van der Waals surface area contributed by atoms with Crippen molar-refractivity contribution in [3.05, 3.63) is 59.4 Å². The lowest BCUT2D eigenvalue weighted by atomic mass is 10.1. The number of benzene rings is 2. The molecule has 6 nitrogen and oxygen atoms in total. The van der Waals surface area contributed by atoms with Crippen molar-refractivity contribution in [2.75, 3.05) is 40.4 Å². The highest BCUT2D eigenvalue weighted by atomic mass is 19.4. The van der Waals surface area contributed by atoms with Gasteiger partial charge in [-0.15, -0.1) is 0 Å². The Morgan fingerprint density at radius 3 is 2.03 bits per heavy atom. The van der Waals surface area contributed by atoms with Crippen molar-refractivity contribution >= 4 is 5.97 Å². The van der Waals surface area contributed by atoms with Crippen molar-refractivity contribution in [3.8, 4) is 11.5 Å². The summed E-state index contributed by atoms with van der Waals surface area (Å²) in [5.74, 6) is -1.34. The first-order valence-corrected chi connectivity index (χ1v) is 9.83. The molecule has 0 atom stereocenters. The highest BCUT2D eigenvalue weighted by Gasteiger charge is 2.38. The molecule has 0 saturated carbocycles. The van der Waals surface area contributed by atoms with E-state index in [1.807, 2.05) is 18.2 Å². The third-order valence-corrected chi connectivity index (χ3v) is 4.88. The van der Waals surface area contributed by atoms with Crippen molar-refractivity contribution in [2.24, 2.45) is 0 Å². The topological polar surface area (TPSA) is 62.2 Å². The molecule has 1 saturated heterocycles. The molecule has 0 bridgehead atoms. The Labute approximate surface area is 184 Å². The number of carboxylic acid groups (broad SMARTS) is 1. The fourth-order valence-electron chi connectivity index (χ4n) is 3.32. The Hall–Kier alpha value is -2.85. The Morgan fingerprint density at radius 2 is 1.53 bits per heavy atom. The predicted molar refractivity (Wildman–Crippen MR) is 110 cm³/mol. The predicted octanol–water partition coefficient (Wildman–Crippen LogP) is 3.79. The summed E-state index contributed by atoms with van der Waals surface area (Å²) in [4.78, 5) is 13.7. The third-order valence-electron chi connectivity index (χ3n) is 4.88. The van der Waals surface area contributed by atoms with E-state index in [1.54, 1.807) is 26.4 Å². The van der Waals surface area contributed by atoms with E-state index in [4.69, 9.17) is 19.4 Å². The number of aliphatic carboxylic acids is 1. The van der Waals surface area contributed by atoms with Crippen LogP contribution in [0.25, 0.3) is 0 Å². The minimum Gasteiger partial charge on any atom is -0.493 e. The maximum absolute atomic E-state index is 13.3. The lowest BCUT2D eigenvalue weighted by molar-refractivity contribution is -0.192. The molecule has 1 fully saturated rings. The van der Waals surface area contributed by atoms with E-state index in [0.29, 0.717) is 0 Å². The molecule has 176 valence electrons. The van der Waals surface area contributed by atoms with Crippen LogP contribution >= 0.6 is 0 Å². The molecule has 0 aromatic heterocycles. The van der Waals surface area contributed by atoms with Crippen molar-refractivity contribution in [1.29, 1.82) is 0 Å². The molecule has 0 aliphatic carbocycles. The zero-order valence-electron chi connectivity index (χ0n) is 17.9. The largest absolute Gasteiger partial charge is 0.493 e. The Morgan fingerprint density at radius 1 is 0.969 bits per heavy atom. The Kier molecular flexibility index (Phi) is 9.27. The van der Waals surface area contributed by atoms with Crippen LogP contribution in [0.1, 0.15) is 11.1 Å². The second-order valence-corrected chi connectivity index (χ2v) is 7.14. The van der Waals surface area contributed by atoms with Gasteiger partial charge in [0.2, 0.25) is 0 Å². The summed E-state index contributed by atoms with van der Waals surface area (Å²) in [6, 6.07) is 12.9. The summed E-state index contributed by atoms with van der Waals surface area (Å²) in [6.07, 6.45) is -5.08. The summed E-state index contributed by atoms with van der Waals surface area (Å²) in [7, 11) is 3.34. The first-order chi connectivity index (χ1) is 15.1. The summed E-state index contributed by atoms with van der Waals surface area (Å²) < 4.78 is 55.9. The number of methoxy groups -OCH3 is 2. The number of para-hydroxylation sites is 1. The van der Waals surface area contributed by atoms with E-state index in [-0.39, 0.29) is 5.82 Å². The van der Waals surface area contributed by atoms with Gasteiger partial charge >= 0.3 is 12.1 Å². The van der Waals surface area contributed by atoms with Crippen molar-refractivity contribution in [1.82, 2.24) is 9.80 Å². The normalized spacial score (nSPS) is 14.9. The number of nitrogens with zero attached hydrogens (tertiary/aromatic N) is 2. The van der Waals surface area contributed by atoms with Crippen LogP contribution in [0.3, 0.4) is 0 Å². The smallest absolute Gasteiger partial charge is 0.490 e. The highest BCUT2D eigenvalue weighted by Crippen LogP contribution is 2.31. The van der Waals surface area contributed by atoms with Crippen molar-refractivity contribution in [3.63, 3.8) is 0 Å². The van der Waals surface area contributed by atoms with Crippen LogP contribution in [-0.4, -0.2) is 67.5 Å². The standard InChI is InChI=1S/C20H25FN2O2.C2HF3O2/c1-24-19-8-4-6-17(20(19)25-2)15-23-11-9-22(10-12-23)14-16-5-3-7-18(21)13-16;3-2(4,5)1(6)7/h3-8,13H,9-12,14-15H2,1-2H3;(H,6,7). The van der Waals surface area contributed by atoms with Gasteiger partial charge in [-0.1, -0.05) is 24.3 Å². The molecule has 2 aromatic rings. The van der Waals surface area contributed by atoms with Gasteiger partial charge in [0.25, 0.3) is 0 Å². The number of ether oxygens (including phenoxy) is 2. The minimum atomic E-state index is -5.08. The van der Waals surface area contributed by atoms with Crippen LogP contribution in [0, 0.1) is 5.82 Å². The SMILES string of the molecule is COc1cccc(CN2CCN(Cc3cccc(F)c3)CC2)c1OC.O=C(O)C(F)(F)F. The monoisotopic (exact) mass is 458 g/mol. The Bertz CT molecular complexity index is 884. The molecule has 0 spiro atoms. The molecule has 2 aromatic carbocycles. The number of halogens is 4. The molecule has 0 radical (unpaired) electrons. The summed E-state index contributed by atoms with van der Waals surface area (Å²) in [6.45, 7) is 5.55. The average molecular weight is 458 g/mol. The summed E-state index contributed by atoms with van der Waals surface area (Å²) >= 11 is 0. The molecule has 32 heavy (non-hydrogen) atoms. The van der Waals surface area contributed by atoms with Gasteiger partial charge in [0.15, 0.2) is 11.5 Å². The summed E-state index contributed by atoms with van der Waals surface area (Å²) in [5, 5.41) is 7.12. The van der Waals surface area contributed by atoms with Gasteiger partial charge in [0.1, 0.15) is 5.82 Å². The molecular weight excluding hydrogens is 432 g/mol. The Balaban J connectivity index is 0.000000451. The molecule has 10 heteroatoms. The molecule has 3 rings (SSSR count). The van der Waals surface area contributed by atoms with Crippen LogP contribution < -0.4 is 9.47 Å². The summed E-state index contributed by atoms with van der Waals surface area (Å²) in [5.41, 5.74) is 2.17. The van der Waals surface area contributed by atoms with E-state index in [0.717, 1.165) is 61.9 Å². The van der Waals surface area contributed by atoms with E-state index >= 15 is 0 Å². The van der Waals surface area contributed by atoms with Gasteiger partial charge in [-0.2, -0.15) is 13.2 Å². The van der Waals surface area contributed by atoms with Gasteiger partial charge in [0, 0.05) is 44.8 Å². The zero-order chi connectivity index (χ0) is 23.7. The first-order valence-electron chi connectivity index (χ1n) is 9.83. The highest BCUT2D eigenvalue weighted by molar-refractivity contribution is 5.73. The average Bonchev–Trinajstić information content (AvgIpc) is 2.74. The third kappa shape index (κ3) is 7.69. The number of carbonyl (C=O) groups is 1. The lowest BCUT2D eigenvalue weighted by Gasteiger charge is -2.35. The van der Waals surface area contributed by atoms with E-state index in [2.05, 4.69) is 15.9 Å². The number of hydrogen-bond acceptors (Lipinski definition) is 5. The molecule has 0 amide bonds. The fraction of sp³-hybridized carbons (Fsp3) is 0.409. The van der Waals surface area contributed by atoms with E-state index < -0.39 is 12.1 Å². The number of rotatable bonds is 6. The molecule has 0 unspecified atom stereocenters. The maximum Gasteiger partial charge on any atom is 0.490 e. The van der Waals surface area contributed by atoms with Crippen LogP contribution in [0.4, 0.5) is 17.6 Å². The van der Waals surface area contributed by atoms with Crippen LogP contribution in [0.5, 0.6) is 11.5 Å². The van der Waals surface area contributed by atoms with E-state index in [1.165, 1.54) is 6.07 Å². The molecule has 1 aliphatic rings. The van der Waals surface area contributed by atoms with Gasteiger partial charge in [-0.3, -0.25) is 9.80 Å². The van der Waals surface area contributed by atoms with Gasteiger partial charge in [-0.05, 0) is 23.8 Å². The quantitative estimate of drug-likeness (QED) is 0.665. The fourth-order valence-corrected chi connectivity index (χ4v) is 3.32. The van der Waals surface area contributed by atoms with Gasteiger partial charge in [-0.25, -0.2) is 9.18 Å². The second-order valence-electron chi connectivity index (χ2n) is 7.14. The lowest BCUT2D eigenvalue weighted by Crippen LogP contribution is -2.45. The molecule has 1 aliphatic heterocycles. The van der Waals surface area contributed by atoms with Crippen molar-refractivity contribution < 1.29 is 36.9 Å². The molecule has 1 N–H and O–H groups in total.